The molecule has 2 aromatic rings. The Balaban J connectivity index is 1.44. The zero-order chi connectivity index (χ0) is 21.7. The van der Waals surface area contributed by atoms with E-state index in [1.54, 1.807) is 12.1 Å². The number of hydrogen-bond donors (Lipinski definition) is 0. The molecule has 10 nitrogen and oxygen atoms in total. The summed E-state index contributed by atoms with van der Waals surface area (Å²) in [5.74, 6) is -0.0861. The summed E-state index contributed by atoms with van der Waals surface area (Å²) in [6.45, 7) is -0.00857. The summed E-state index contributed by atoms with van der Waals surface area (Å²) < 4.78 is 44.4. The lowest BCUT2D eigenvalue weighted by molar-refractivity contribution is -0.165. The van der Waals surface area contributed by atoms with E-state index in [2.05, 4.69) is 0 Å². The van der Waals surface area contributed by atoms with E-state index in [9.17, 15) is 9.59 Å². The fourth-order valence-electron chi connectivity index (χ4n) is 5.52. The van der Waals surface area contributed by atoms with Crippen molar-refractivity contribution in [3.8, 4) is 46.0 Å². The van der Waals surface area contributed by atoms with Crippen LogP contribution < -0.4 is 37.9 Å². The number of rotatable bonds is 2. The van der Waals surface area contributed by atoms with Gasteiger partial charge in [-0.15, -0.1) is 0 Å². The molecule has 4 heterocycles. The molecule has 0 bridgehead atoms. The normalized spacial score (nSPS) is 27.2. The minimum atomic E-state index is -0.686. The maximum Gasteiger partial charge on any atom is 0.316 e. The van der Waals surface area contributed by atoms with Crippen LogP contribution in [0.5, 0.6) is 46.0 Å². The number of ether oxygens (including phenoxy) is 8. The highest BCUT2D eigenvalue weighted by atomic mass is 16.7. The molecule has 10 heteroatoms. The largest absolute Gasteiger partial charge is 0.493 e. The first kappa shape index (κ1) is 17.8. The van der Waals surface area contributed by atoms with Gasteiger partial charge in [-0.3, -0.25) is 9.59 Å². The van der Waals surface area contributed by atoms with Crippen molar-refractivity contribution in [3.05, 3.63) is 23.3 Å². The van der Waals surface area contributed by atoms with Crippen molar-refractivity contribution in [1.29, 1.82) is 0 Å². The Hall–Kier alpha value is -3.82. The highest BCUT2D eigenvalue weighted by molar-refractivity contribution is 5.94. The van der Waals surface area contributed by atoms with E-state index in [1.165, 1.54) is 14.2 Å². The molecular formula is C22H16O10. The van der Waals surface area contributed by atoms with Crippen molar-refractivity contribution in [2.24, 2.45) is 11.8 Å². The third kappa shape index (κ3) is 1.95. The Morgan fingerprint density at radius 3 is 1.44 bits per heavy atom. The number of carbonyl (C=O) groups is 2. The van der Waals surface area contributed by atoms with E-state index in [0.717, 1.165) is 0 Å². The van der Waals surface area contributed by atoms with Gasteiger partial charge in [0.1, 0.15) is 0 Å². The lowest BCUT2D eigenvalue weighted by atomic mass is 9.51. The van der Waals surface area contributed by atoms with Gasteiger partial charge in [-0.2, -0.15) is 0 Å². The SMILES string of the molecule is COc1cc2c(c3c1OCO3)OC(=O)C1C3C(=O)Oc4c(cc(OC)c5c4OCO5)C3C21. The van der Waals surface area contributed by atoms with Crippen LogP contribution in [0.3, 0.4) is 0 Å². The van der Waals surface area contributed by atoms with Gasteiger partial charge in [0.2, 0.25) is 36.6 Å². The molecule has 1 saturated carbocycles. The number of fused-ring (bicyclic) bond motifs is 12. The van der Waals surface area contributed by atoms with Crippen LogP contribution in [0.2, 0.25) is 0 Å². The van der Waals surface area contributed by atoms with E-state index in [4.69, 9.17) is 37.9 Å². The van der Waals surface area contributed by atoms with Crippen LogP contribution in [0.1, 0.15) is 23.0 Å². The smallest absolute Gasteiger partial charge is 0.316 e. The summed E-state index contributed by atoms with van der Waals surface area (Å²) >= 11 is 0. The zero-order valence-electron chi connectivity index (χ0n) is 17.0. The van der Waals surface area contributed by atoms with Gasteiger partial charge < -0.3 is 37.9 Å². The Bertz CT molecular complexity index is 1140. The van der Waals surface area contributed by atoms with E-state index in [0.29, 0.717) is 57.1 Å². The summed E-state index contributed by atoms with van der Waals surface area (Å²) in [5.41, 5.74) is 1.43. The van der Waals surface area contributed by atoms with Gasteiger partial charge in [0, 0.05) is 23.0 Å². The lowest BCUT2D eigenvalue weighted by Gasteiger charge is -2.53. The Morgan fingerprint density at radius 2 is 1.03 bits per heavy atom. The molecule has 164 valence electrons. The van der Waals surface area contributed by atoms with Gasteiger partial charge in [-0.05, 0) is 12.1 Å². The Labute approximate surface area is 180 Å². The summed E-state index contributed by atoms with van der Waals surface area (Å²) in [7, 11) is 3.05. The van der Waals surface area contributed by atoms with Crippen LogP contribution >= 0.6 is 0 Å². The van der Waals surface area contributed by atoms with E-state index >= 15 is 0 Å². The van der Waals surface area contributed by atoms with Crippen molar-refractivity contribution >= 4 is 11.9 Å². The molecule has 0 spiro atoms. The highest BCUT2D eigenvalue weighted by Gasteiger charge is 2.65. The first-order valence-corrected chi connectivity index (χ1v) is 10.1. The predicted molar refractivity (Wildman–Crippen MR) is 102 cm³/mol. The van der Waals surface area contributed by atoms with Gasteiger partial charge in [-0.1, -0.05) is 0 Å². The average molecular weight is 440 g/mol. The van der Waals surface area contributed by atoms with E-state index < -0.39 is 23.8 Å². The third-order valence-corrected chi connectivity index (χ3v) is 6.84. The van der Waals surface area contributed by atoms with Crippen LogP contribution in [0.4, 0.5) is 0 Å². The molecule has 0 radical (unpaired) electrons. The number of hydrogen-bond acceptors (Lipinski definition) is 10. The predicted octanol–water partition coefficient (Wildman–Crippen LogP) is 2.11. The van der Waals surface area contributed by atoms with Gasteiger partial charge >= 0.3 is 11.9 Å². The van der Waals surface area contributed by atoms with E-state index in [-0.39, 0.29) is 25.4 Å². The minimum absolute atomic E-state index is 0.00429. The maximum absolute atomic E-state index is 13.0. The highest BCUT2D eigenvalue weighted by Crippen LogP contribution is 2.69. The molecule has 7 rings (SSSR count). The van der Waals surface area contributed by atoms with Gasteiger partial charge in [-0.25, -0.2) is 0 Å². The number of benzene rings is 2. The first-order chi connectivity index (χ1) is 15.6. The fourth-order valence-corrected chi connectivity index (χ4v) is 5.52. The van der Waals surface area contributed by atoms with Crippen LogP contribution in [-0.2, 0) is 9.59 Å². The molecule has 0 N–H and O–H groups in total. The van der Waals surface area contributed by atoms with Crippen molar-refractivity contribution in [2.45, 2.75) is 11.8 Å². The Morgan fingerprint density at radius 1 is 0.625 bits per heavy atom. The summed E-state index contributed by atoms with van der Waals surface area (Å²) in [6, 6.07) is 3.57. The third-order valence-electron chi connectivity index (χ3n) is 6.84. The Kier molecular flexibility index (Phi) is 3.29. The van der Waals surface area contributed by atoms with Gasteiger partial charge in [0.25, 0.3) is 0 Å². The fraction of sp³-hybridized carbons (Fsp3) is 0.364. The lowest BCUT2D eigenvalue weighted by Crippen LogP contribution is -2.57. The second-order valence-electron chi connectivity index (χ2n) is 8.07. The van der Waals surface area contributed by atoms with Gasteiger partial charge in [0.05, 0.1) is 26.1 Å². The van der Waals surface area contributed by atoms with Crippen molar-refractivity contribution < 1.29 is 47.5 Å². The summed E-state index contributed by atoms with van der Waals surface area (Å²) in [4.78, 5) is 25.9. The molecule has 1 aliphatic carbocycles. The number of methoxy groups -OCH3 is 2. The van der Waals surface area contributed by atoms with Crippen molar-refractivity contribution in [1.82, 2.24) is 0 Å². The molecule has 1 fully saturated rings. The molecule has 0 aromatic heterocycles. The second kappa shape index (κ2) is 5.90. The molecule has 5 aliphatic rings. The molecule has 4 atom stereocenters. The molecular weight excluding hydrogens is 424 g/mol. The number of carbonyl (C=O) groups excluding carboxylic acids is 2. The standard InChI is InChI=1S/C22H16O10/c1-25-9-3-7-11-12-8-4-10(26-2)18-20(30-6-28-18)16(8)32-22(24)14(12)13(11)21(23)31-15(7)19-17(9)27-5-29-19/h3-4,11-14H,5-6H2,1-2H3. The second-order valence-corrected chi connectivity index (χ2v) is 8.07. The van der Waals surface area contributed by atoms with Crippen LogP contribution in [-0.4, -0.2) is 39.7 Å². The molecule has 4 aliphatic heterocycles. The molecule has 0 amide bonds. The van der Waals surface area contributed by atoms with Crippen LogP contribution in [0.15, 0.2) is 12.1 Å². The van der Waals surface area contributed by atoms with Gasteiger partial charge in [0.15, 0.2) is 23.0 Å². The molecule has 4 unspecified atom stereocenters. The quantitative estimate of drug-likeness (QED) is 0.509. The molecule has 2 aromatic carbocycles. The first-order valence-electron chi connectivity index (χ1n) is 10.1. The van der Waals surface area contributed by atoms with Crippen molar-refractivity contribution in [2.75, 3.05) is 27.8 Å². The summed E-state index contributed by atoms with van der Waals surface area (Å²) in [6.07, 6.45) is 0. The van der Waals surface area contributed by atoms with Crippen LogP contribution in [0.25, 0.3) is 0 Å². The molecule has 0 saturated heterocycles. The average Bonchev–Trinajstić information content (AvgIpc) is 3.44. The van der Waals surface area contributed by atoms with Crippen LogP contribution in [0, 0.1) is 11.8 Å². The number of esters is 2. The maximum atomic E-state index is 13.0. The van der Waals surface area contributed by atoms with E-state index in [1.807, 2.05) is 0 Å². The topological polar surface area (TPSA) is 108 Å². The van der Waals surface area contributed by atoms with Crippen molar-refractivity contribution in [3.63, 3.8) is 0 Å². The monoisotopic (exact) mass is 440 g/mol. The molecule has 32 heavy (non-hydrogen) atoms. The zero-order valence-corrected chi connectivity index (χ0v) is 17.0. The summed E-state index contributed by atoms with van der Waals surface area (Å²) in [5, 5.41) is 0. The minimum Gasteiger partial charge on any atom is -0.493 e.